The van der Waals surface area contributed by atoms with Crippen LogP contribution in [0.3, 0.4) is 0 Å². The largest absolute Gasteiger partial charge is 0.272 e. The van der Waals surface area contributed by atoms with Crippen LogP contribution >= 0.6 is 23.1 Å². The van der Waals surface area contributed by atoms with E-state index in [-0.39, 0.29) is 11.7 Å². The summed E-state index contributed by atoms with van der Waals surface area (Å²) in [6.07, 6.45) is 9.60. The van der Waals surface area contributed by atoms with Crippen molar-refractivity contribution in [3.05, 3.63) is 77.8 Å². The van der Waals surface area contributed by atoms with Crippen LogP contribution < -0.4 is 5.43 Å². The third-order valence-corrected chi connectivity index (χ3v) is 6.04. The number of thioether (sulfide) groups is 1. The summed E-state index contributed by atoms with van der Waals surface area (Å²) >= 11 is 2.70. The van der Waals surface area contributed by atoms with Gasteiger partial charge in [-0.1, -0.05) is 17.8 Å². The highest BCUT2D eigenvalue weighted by atomic mass is 32.2. The lowest BCUT2D eigenvalue weighted by atomic mass is 10.1. The smallest absolute Gasteiger partial charge is 0.250 e. The average molecular weight is 458 g/mol. The van der Waals surface area contributed by atoms with Crippen LogP contribution in [-0.4, -0.2) is 37.8 Å². The maximum absolute atomic E-state index is 12.3. The minimum Gasteiger partial charge on any atom is -0.272 e. The Morgan fingerprint density at radius 3 is 2.78 bits per heavy atom. The normalized spacial score (nSPS) is 10.7. The SMILES string of the molecule is N#Cc1c(-c2cccs2)cc(-c2cnccn2)nc1SCC(=O)N/N=C/c1ccncc1. The van der Waals surface area contributed by atoms with Crippen LogP contribution in [0, 0.1) is 11.3 Å². The first kappa shape index (κ1) is 21.3. The molecule has 4 rings (SSSR count). The Bertz CT molecular complexity index is 1270. The molecular weight excluding hydrogens is 442 g/mol. The second-order valence-electron chi connectivity index (χ2n) is 6.28. The molecule has 0 saturated heterocycles. The molecular formula is C22H15N7OS2. The Morgan fingerprint density at radius 1 is 1.19 bits per heavy atom. The fourth-order valence-electron chi connectivity index (χ4n) is 2.72. The number of rotatable bonds is 7. The standard InChI is InChI=1S/C22H15N7OS2/c23-11-17-16(20-2-1-9-31-20)10-18(19-13-25-7-8-26-19)28-22(17)32-14-21(30)29-27-12-15-3-5-24-6-4-15/h1-10,12-13H,14H2,(H,29,30)/b27-12+. The van der Waals surface area contributed by atoms with Gasteiger partial charge in [0.25, 0.3) is 0 Å². The van der Waals surface area contributed by atoms with E-state index >= 15 is 0 Å². The maximum atomic E-state index is 12.3. The second kappa shape index (κ2) is 10.4. The van der Waals surface area contributed by atoms with Crippen LogP contribution in [0.5, 0.6) is 0 Å². The molecule has 156 valence electrons. The van der Waals surface area contributed by atoms with Gasteiger partial charge < -0.3 is 0 Å². The Kier molecular flexibility index (Phi) is 6.91. The van der Waals surface area contributed by atoms with Crippen molar-refractivity contribution in [2.75, 3.05) is 5.75 Å². The molecule has 1 N–H and O–H groups in total. The van der Waals surface area contributed by atoms with E-state index in [9.17, 15) is 10.1 Å². The number of hydrogen-bond acceptors (Lipinski definition) is 9. The third-order valence-electron chi connectivity index (χ3n) is 4.16. The van der Waals surface area contributed by atoms with E-state index in [0.29, 0.717) is 22.0 Å². The molecule has 0 radical (unpaired) electrons. The fourth-order valence-corrected chi connectivity index (χ4v) is 4.26. The van der Waals surface area contributed by atoms with E-state index in [4.69, 9.17) is 0 Å². The molecule has 0 fully saturated rings. The molecule has 1 amide bonds. The number of nitrogens with zero attached hydrogens (tertiary/aromatic N) is 6. The van der Waals surface area contributed by atoms with Gasteiger partial charge in [-0.25, -0.2) is 10.4 Å². The number of nitrogens with one attached hydrogen (secondary N) is 1. The predicted octanol–water partition coefficient (Wildman–Crippen LogP) is 3.78. The molecule has 0 aliphatic carbocycles. The predicted molar refractivity (Wildman–Crippen MR) is 124 cm³/mol. The number of hydrogen-bond donors (Lipinski definition) is 1. The van der Waals surface area contributed by atoms with Crippen LogP contribution in [0.15, 0.2) is 76.8 Å². The average Bonchev–Trinajstić information content (AvgIpc) is 3.38. The van der Waals surface area contributed by atoms with Crippen molar-refractivity contribution in [1.82, 2.24) is 25.4 Å². The van der Waals surface area contributed by atoms with Gasteiger partial charge in [-0.15, -0.1) is 11.3 Å². The number of pyridine rings is 2. The summed E-state index contributed by atoms with van der Waals surface area (Å²) in [6, 6.07) is 11.5. The van der Waals surface area contributed by atoms with Crippen LogP contribution in [-0.2, 0) is 4.79 Å². The molecule has 0 atom stereocenters. The van der Waals surface area contributed by atoms with Crippen molar-refractivity contribution in [1.29, 1.82) is 5.26 Å². The van der Waals surface area contributed by atoms with Crippen LogP contribution in [0.1, 0.15) is 11.1 Å². The van der Waals surface area contributed by atoms with E-state index in [2.05, 4.69) is 36.5 Å². The monoisotopic (exact) mass is 457 g/mol. The molecule has 0 spiro atoms. The lowest BCUT2D eigenvalue weighted by molar-refractivity contribution is -0.118. The summed E-state index contributed by atoms with van der Waals surface area (Å²) in [5.41, 5.74) is 5.63. The van der Waals surface area contributed by atoms with Gasteiger partial charge in [0, 0.05) is 35.2 Å². The molecule has 0 aromatic carbocycles. The summed E-state index contributed by atoms with van der Waals surface area (Å²) in [5.74, 6) is -0.267. The topological polar surface area (TPSA) is 117 Å². The number of thiophene rings is 1. The van der Waals surface area contributed by atoms with E-state index in [0.717, 1.165) is 16.0 Å². The van der Waals surface area contributed by atoms with E-state index < -0.39 is 0 Å². The van der Waals surface area contributed by atoms with Gasteiger partial charge >= 0.3 is 0 Å². The fraction of sp³-hybridized carbons (Fsp3) is 0.0455. The Balaban J connectivity index is 1.57. The molecule has 32 heavy (non-hydrogen) atoms. The molecule has 0 saturated carbocycles. The maximum Gasteiger partial charge on any atom is 0.250 e. The second-order valence-corrected chi connectivity index (χ2v) is 8.19. The number of amides is 1. The molecule has 0 bridgehead atoms. The minimum atomic E-state index is -0.312. The van der Waals surface area contributed by atoms with Gasteiger partial charge in [-0.2, -0.15) is 10.4 Å². The Morgan fingerprint density at radius 2 is 2.06 bits per heavy atom. The zero-order valence-corrected chi connectivity index (χ0v) is 18.2. The lowest BCUT2D eigenvalue weighted by Crippen LogP contribution is -2.19. The number of carbonyl (C=O) groups is 1. The van der Waals surface area contributed by atoms with Gasteiger partial charge in [0.05, 0.1) is 29.4 Å². The van der Waals surface area contributed by atoms with Gasteiger partial charge in [0.2, 0.25) is 5.91 Å². The van der Waals surface area contributed by atoms with Crippen molar-refractivity contribution in [2.24, 2.45) is 5.10 Å². The number of nitriles is 1. The Hall–Kier alpha value is -3.94. The van der Waals surface area contributed by atoms with E-state index in [1.165, 1.54) is 29.3 Å². The van der Waals surface area contributed by atoms with Gasteiger partial charge in [0.1, 0.15) is 16.8 Å². The number of hydrazone groups is 1. The van der Waals surface area contributed by atoms with Crippen LogP contribution in [0.4, 0.5) is 0 Å². The molecule has 10 heteroatoms. The molecule has 0 aliphatic heterocycles. The first-order valence-corrected chi connectivity index (χ1v) is 11.2. The summed E-state index contributed by atoms with van der Waals surface area (Å²) in [7, 11) is 0. The van der Waals surface area contributed by atoms with Crippen molar-refractivity contribution < 1.29 is 4.79 Å². The lowest BCUT2D eigenvalue weighted by Gasteiger charge is -2.10. The zero-order valence-electron chi connectivity index (χ0n) is 16.5. The van der Waals surface area contributed by atoms with E-state index in [1.54, 1.807) is 43.1 Å². The van der Waals surface area contributed by atoms with Crippen molar-refractivity contribution in [2.45, 2.75) is 5.03 Å². The molecule has 0 aliphatic rings. The number of aromatic nitrogens is 4. The van der Waals surface area contributed by atoms with E-state index in [1.807, 2.05) is 23.6 Å². The third kappa shape index (κ3) is 5.21. The summed E-state index contributed by atoms with van der Waals surface area (Å²) in [4.78, 5) is 30.2. The zero-order chi connectivity index (χ0) is 22.2. The number of carbonyl (C=O) groups excluding carboxylic acids is 1. The van der Waals surface area contributed by atoms with Crippen molar-refractivity contribution >= 4 is 35.2 Å². The first-order valence-electron chi connectivity index (χ1n) is 9.34. The van der Waals surface area contributed by atoms with Gasteiger partial charge in [-0.05, 0) is 35.2 Å². The van der Waals surface area contributed by atoms with Crippen LogP contribution in [0.25, 0.3) is 21.8 Å². The summed E-state index contributed by atoms with van der Waals surface area (Å²) in [5, 5.41) is 16.2. The highest BCUT2D eigenvalue weighted by Crippen LogP contribution is 2.35. The van der Waals surface area contributed by atoms with Crippen molar-refractivity contribution in [3.63, 3.8) is 0 Å². The van der Waals surface area contributed by atoms with Crippen LogP contribution in [0.2, 0.25) is 0 Å². The molecule has 8 nitrogen and oxygen atoms in total. The Labute approximate surface area is 192 Å². The quantitative estimate of drug-likeness (QED) is 0.255. The highest BCUT2D eigenvalue weighted by molar-refractivity contribution is 8.00. The summed E-state index contributed by atoms with van der Waals surface area (Å²) in [6.45, 7) is 0. The molecule has 0 unspecified atom stereocenters. The van der Waals surface area contributed by atoms with Gasteiger partial charge in [-0.3, -0.25) is 19.7 Å². The first-order chi connectivity index (χ1) is 15.7. The van der Waals surface area contributed by atoms with Crippen molar-refractivity contribution in [3.8, 4) is 27.9 Å². The van der Waals surface area contributed by atoms with Gasteiger partial charge in [0.15, 0.2) is 0 Å². The highest BCUT2D eigenvalue weighted by Gasteiger charge is 2.18. The molecule has 4 aromatic rings. The molecule has 4 heterocycles. The minimum absolute atomic E-state index is 0.0448. The summed E-state index contributed by atoms with van der Waals surface area (Å²) < 4.78 is 0. The molecule has 4 aromatic heterocycles.